The average Bonchev–Trinajstić information content (AvgIpc) is 3.41. The van der Waals surface area contributed by atoms with Crippen LogP contribution in [0.15, 0.2) is 65.5 Å². The first-order valence-electron chi connectivity index (χ1n) is 8.14. The number of carbonyl (C=O) groups is 1. The Labute approximate surface area is 139 Å². The summed E-state index contributed by atoms with van der Waals surface area (Å²) in [5.41, 5.74) is 1.83. The summed E-state index contributed by atoms with van der Waals surface area (Å²) in [5, 5.41) is 3.80. The number of aromatic amines is 1. The zero-order valence-electron chi connectivity index (χ0n) is 13.2. The first kappa shape index (κ1) is 14.7. The van der Waals surface area contributed by atoms with Gasteiger partial charge in [0.2, 0.25) is 0 Å². The number of pyridine rings is 1. The number of rotatable bonds is 4. The maximum absolute atomic E-state index is 12.5. The van der Waals surface area contributed by atoms with Gasteiger partial charge in [-0.3, -0.25) is 9.59 Å². The molecule has 24 heavy (non-hydrogen) atoms. The number of hydrogen-bond donors (Lipinski definition) is 2. The lowest BCUT2D eigenvalue weighted by Gasteiger charge is -2.16. The van der Waals surface area contributed by atoms with Gasteiger partial charge in [-0.15, -0.1) is 0 Å². The predicted molar refractivity (Wildman–Crippen MR) is 94.3 cm³/mol. The molecule has 4 nitrogen and oxygen atoms in total. The van der Waals surface area contributed by atoms with Crippen molar-refractivity contribution in [1.29, 1.82) is 0 Å². The molecule has 4 heteroatoms. The van der Waals surface area contributed by atoms with E-state index in [9.17, 15) is 9.59 Å². The van der Waals surface area contributed by atoms with E-state index in [1.54, 1.807) is 6.07 Å². The molecule has 1 aliphatic rings. The van der Waals surface area contributed by atoms with Gasteiger partial charge in [0.15, 0.2) is 0 Å². The third kappa shape index (κ3) is 2.60. The Morgan fingerprint density at radius 2 is 1.75 bits per heavy atom. The molecule has 0 unspecified atom stereocenters. The summed E-state index contributed by atoms with van der Waals surface area (Å²) in [6.45, 7) is 0.558. The lowest BCUT2D eigenvalue weighted by molar-refractivity contribution is 0.0948. The Kier molecular flexibility index (Phi) is 3.45. The van der Waals surface area contributed by atoms with Gasteiger partial charge in [0, 0.05) is 17.5 Å². The van der Waals surface area contributed by atoms with E-state index in [1.807, 2.05) is 42.5 Å². The molecule has 120 valence electrons. The van der Waals surface area contributed by atoms with E-state index >= 15 is 0 Å². The van der Waals surface area contributed by atoms with E-state index in [4.69, 9.17) is 0 Å². The van der Waals surface area contributed by atoms with Crippen LogP contribution in [-0.2, 0) is 5.41 Å². The van der Waals surface area contributed by atoms with Crippen molar-refractivity contribution in [3.8, 4) is 0 Å². The van der Waals surface area contributed by atoms with Gasteiger partial charge in [0.1, 0.15) is 5.56 Å². The number of para-hydroxylation sites is 1. The molecule has 1 aliphatic carbocycles. The van der Waals surface area contributed by atoms with Crippen LogP contribution >= 0.6 is 0 Å². The molecule has 1 fully saturated rings. The van der Waals surface area contributed by atoms with Crippen LogP contribution in [0.4, 0.5) is 0 Å². The molecule has 1 amide bonds. The fraction of sp³-hybridized carbons (Fsp3) is 0.200. The number of aromatic nitrogens is 1. The first-order chi connectivity index (χ1) is 11.7. The van der Waals surface area contributed by atoms with Gasteiger partial charge >= 0.3 is 0 Å². The van der Waals surface area contributed by atoms with Crippen LogP contribution in [-0.4, -0.2) is 17.4 Å². The number of nitrogens with one attached hydrogen (secondary N) is 2. The number of H-pyrrole nitrogens is 1. The Balaban J connectivity index is 1.55. The van der Waals surface area contributed by atoms with Crippen molar-refractivity contribution >= 4 is 16.8 Å². The molecule has 0 aliphatic heterocycles. The van der Waals surface area contributed by atoms with Gasteiger partial charge in [0.25, 0.3) is 11.5 Å². The second-order valence-corrected chi connectivity index (χ2v) is 6.43. The van der Waals surface area contributed by atoms with Gasteiger partial charge in [0.05, 0.1) is 0 Å². The second kappa shape index (κ2) is 5.64. The minimum Gasteiger partial charge on any atom is -0.351 e. The van der Waals surface area contributed by atoms with Crippen molar-refractivity contribution in [1.82, 2.24) is 10.3 Å². The molecule has 2 N–H and O–H groups in total. The smallest absolute Gasteiger partial charge is 0.261 e. The molecule has 0 saturated heterocycles. The van der Waals surface area contributed by atoms with Crippen molar-refractivity contribution in [2.45, 2.75) is 18.3 Å². The minimum atomic E-state index is -0.351. The van der Waals surface area contributed by atoms with Gasteiger partial charge < -0.3 is 10.3 Å². The molecule has 3 aromatic rings. The molecule has 4 rings (SSSR count). The summed E-state index contributed by atoms with van der Waals surface area (Å²) < 4.78 is 0. The van der Waals surface area contributed by atoms with Crippen molar-refractivity contribution in [3.63, 3.8) is 0 Å². The molecule has 1 saturated carbocycles. The molecule has 1 heterocycles. The zero-order chi connectivity index (χ0) is 16.6. The van der Waals surface area contributed by atoms with Crippen LogP contribution in [0.5, 0.6) is 0 Å². The normalized spacial score (nSPS) is 15.2. The van der Waals surface area contributed by atoms with E-state index in [2.05, 4.69) is 22.4 Å². The lowest BCUT2D eigenvalue weighted by Crippen LogP contribution is -2.35. The highest BCUT2D eigenvalue weighted by atomic mass is 16.2. The van der Waals surface area contributed by atoms with E-state index < -0.39 is 0 Å². The van der Waals surface area contributed by atoms with E-state index in [0.29, 0.717) is 6.54 Å². The van der Waals surface area contributed by atoms with Gasteiger partial charge in [-0.05, 0) is 35.9 Å². The average molecular weight is 318 g/mol. The highest BCUT2D eigenvalue weighted by molar-refractivity contribution is 5.97. The van der Waals surface area contributed by atoms with Crippen molar-refractivity contribution in [3.05, 3.63) is 82.1 Å². The largest absolute Gasteiger partial charge is 0.351 e. The molecule has 0 radical (unpaired) electrons. The molecular formula is C20H18N2O2. The standard InChI is InChI=1S/C20H18N2O2/c23-18(16-12-14-6-4-5-9-17(14)22-19(16)24)21-13-20(10-11-20)15-7-2-1-3-8-15/h1-9,12H,10-11,13H2,(H,21,23)(H,22,24). The summed E-state index contributed by atoms with van der Waals surface area (Å²) in [4.78, 5) is 27.4. The van der Waals surface area contributed by atoms with Crippen LogP contribution in [0.1, 0.15) is 28.8 Å². The van der Waals surface area contributed by atoms with Crippen molar-refractivity contribution in [2.75, 3.05) is 6.54 Å². The predicted octanol–water partition coefficient (Wildman–Crippen LogP) is 2.99. The van der Waals surface area contributed by atoms with Crippen LogP contribution in [0.25, 0.3) is 10.9 Å². The van der Waals surface area contributed by atoms with E-state index in [0.717, 1.165) is 23.7 Å². The highest BCUT2D eigenvalue weighted by Gasteiger charge is 2.44. The number of amides is 1. The fourth-order valence-corrected chi connectivity index (χ4v) is 3.17. The van der Waals surface area contributed by atoms with Gasteiger partial charge in [-0.2, -0.15) is 0 Å². The maximum Gasteiger partial charge on any atom is 0.261 e. The van der Waals surface area contributed by atoms with Gasteiger partial charge in [-0.1, -0.05) is 48.5 Å². The number of benzene rings is 2. The summed E-state index contributed by atoms with van der Waals surface area (Å²) in [6, 6.07) is 19.3. The Bertz CT molecular complexity index is 956. The second-order valence-electron chi connectivity index (χ2n) is 6.43. The van der Waals surface area contributed by atoms with Crippen LogP contribution in [0.2, 0.25) is 0 Å². The molecule has 0 atom stereocenters. The molecule has 2 aromatic carbocycles. The zero-order valence-corrected chi connectivity index (χ0v) is 13.2. The first-order valence-corrected chi connectivity index (χ1v) is 8.14. The van der Waals surface area contributed by atoms with E-state index in [1.165, 1.54) is 5.56 Å². The van der Waals surface area contributed by atoms with Gasteiger partial charge in [-0.25, -0.2) is 0 Å². The molecule has 1 aromatic heterocycles. The Hall–Kier alpha value is -2.88. The Morgan fingerprint density at radius 1 is 1.04 bits per heavy atom. The van der Waals surface area contributed by atoms with Crippen LogP contribution < -0.4 is 10.9 Å². The monoisotopic (exact) mass is 318 g/mol. The summed E-state index contributed by atoms with van der Waals surface area (Å²) in [6.07, 6.45) is 2.12. The maximum atomic E-state index is 12.5. The number of carbonyl (C=O) groups excluding carboxylic acids is 1. The summed E-state index contributed by atoms with van der Waals surface area (Å²) >= 11 is 0. The van der Waals surface area contributed by atoms with E-state index in [-0.39, 0.29) is 22.4 Å². The summed E-state index contributed by atoms with van der Waals surface area (Å²) in [7, 11) is 0. The number of fused-ring (bicyclic) bond motifs is 1. The quantitative estimate of drug-likeness (QED) is 0.777. The molecular weight excluding hydrogens is 300 g/mol. The molecule has 0 bridgehead atoms. The Morgan fingerprint density at radius 3 is 2.50 bits per heavy atom. The minimum absolute atomic E-state index is 0.0283. The topological polar surface area (TPSA) is 62.0 Å². The SMILES string of the molecule is O=C(NCC1(c2ccccc2)CC1)c1cc2ccccc2[nH]c1=O. The van der Waals surface area contributed by atoms with Crippen LogP contribution in [0, 0.1) is 0 Å². The highest BCUT2D eigenvalue weighted by Crippen LogP contribution is 2.47. The van der Waals surface area contributed by atoms with Crippen LogP contribution in [0.3, 0.4) is 0 Å². The molecule has 0 spiro atoms. The lowest BCUT2D eigenvalue weighted by atomic mass is 9.96. The fourth-order valence-electron chi connectivity index (χ4n) is 3.17. The number of hydrogen-bond acceptors (Lipinski definition) is 2. The van der Waals surface area contributed by atoms with Crippen molar-refractivity contribution < 1.29 is 4.79 Å². The summed E-state index contributed by atoms with van der Waals surface area (Å²) in [5.74, 6) is -0.316. The van der Waals surface area contributed by atoms with Crippen molar-refractivity contribution in [2.24, 2.45) is 0 Å². The third-order valence-electron chi connectivity index (χ3n) is 4.83. The third-order valence-corrected chi connectivity index (χ3v) is 4.83.